The highest BCUT2D eigenvalue weighted by Gasteiger charge is 2.14. The lowest BCUT2D eigenvalue weighted by Gasteiger charge is -2.09. The number of nitrogens with zero attached hydrogens (tertiary/aromatic N) is 2. The maximum absolute atomic E-state index is 12.5. The normalized spacial score (nSPS) is 11.0. The summed E-state index contributed by atoms with van der Waals surface area (Å²) >= 11 is 0. The molecule has 0 aliphatic heterocycles. The number of fused-ring (bicyclic) bond motifs is 1. The summed E-state index contributed by atoms with van der Waals surface area (Å²) in [5.74, 6) is -0.666. The van der Waals surface area contributed by atoms with Gasteiger partial charge in [0.25, 0.3) is 0 Å². The molecular weight excluding hydrogens is 396 g/mol. The van der Waals surface area contributed by atoms with Crippen LogP contribution in [0.2, 0.25) is 0 Å². The van der Waals surface area contributed by atoms with Gasteiger partial charge in [-0.05, 0) is 28.8 Å². The number of nitrogens with one attached hydrogen (secondary N) is 2. The lowest BCUT2D eigenvalue weighted by molar-refractivity contribution is 0.0475. The number of H-pyrrole nitrogens is 2. The zero-order chi connectivity index (χ0) is 21.2. The average Bonchev–Trinajstić information content (AvgIpc) is 3.46. The zero-order valence-electron chi connectivity index (χ0n) is 16.2. The molecule has 0 fully saturated rings. The van der Waals surface area contributed by atoms with Crippen molar-refractivity contribution in [2.75, 3.05) is 0 Å². The van der Waals surface area contributed by atoms with E-state index < -0.39 is 11.7 Å². The summed E-state index contributed by atoms with van der Waals surface area (Å²) in [5, 5.41) is 3.78. The van der Waals surface area contributed by atoms with Crippen LogP contribution in [0.15, 0.2) is 82.4 Å². The van der Waals surface area contributed by atoms with E-state index in [0.717, 1.165) is 27.8 Å². The van der Waals surface area contributed by atoms with Gasteiger partial charge in [0.1, 0.15) is 12.1 Å². The first-order chi connectivity index (χ1) is 15.2. The maximum Gasteiger partial charge on any atom is 0.439 e. The molecule has 8 nitrogen and oxygen atoms in total. The van der Waals surface area contributed by atoms with Crippen LogP contribution in [0, 0.1) is 0 Å². The number of carbonyl (C=O) groups excluding carboxylic acids is 1. The molecule has 3 aromatic carbocycles. The Morgan fingerprint density at radius 1 is 0.968 bits per heavy atom. The number of esters is 1. The summed E-state index contributed by atoms with van der Waals surface area (Å²) in [6.45, 7) is 0.137. The second-order valence-electron chi connectivity index (χ2n) is 6.87. The van der Waals surface area contributed by atoms with Crippen molar-refractivity contribution in [3.05, 3.63) is 94.7 Å². The molecular formula is C23H16N4O4. The molecule has 0 spiro atoms. The van der Waals surface area contributed by atoms with Crippen molar-refractivity contribution in [2.45, 2.75) is 6.61 Å². The van der Waals surface area contributed by atoms with Crippen LogP contribution in [0.3, 0.4) is 0 Å². The molecule has 8 heteroatoms. The van der Waals surface area contributed by atoms with Crippen molar-refractivity contribution in [1.29, 1.82) is 0 Å². The fourth-order valence-electron chi connectivity index (χ4n) is 3.42. The summed E-state index contributed by atoms with van der Waals surface area (Å²) < 4.78 is 10.1. The number of benzene rings is 3. The number of hydrogen-bond donors (Lipinski definition) is 2. The Morgan fingerprint density at radius 2 is 1.77 bits per heavy atom. The second-order valence-corrected chi connectivity index (χ2v) is 6.87. The molecule has 0 saturated heterocycles. The van der Waals surface area contributed by atoms with E-state index in [4.69, 9.17) is 4.74 Å². The number of imidazole rings is 1. The van der Waals surface area contributed by atoms with Gasteiger partial charge >= 0.3 is 11.7 Å². The molecule has 0 saturated carbocycles. The van der Waals surface area contributed by atoms with Gasteiger partial charge in [-0.3, -0.25) is 9.51 Å². The molecule has 0 aliphatic carbocycles. The minimum atomic E-state index is -0.604. The van der Waals surface area contributed by atoms with Crippen LogP contribution in [0.5, 0.6) is 0 Å². The topological polar surface area (TPSA) is 114 Å². The number of aromatic amines is 2. The van der Waals surface area contributed by atoms with Gasteiger partial charge in [0.05, 0.1) is 17.4 Å². The van der Waals surface area contributed by atoms with Gasteiger partial charge in [0.15, 0.2) is 5.82 Å². The number of rotatable bonds is 5. The Hall–Kier alpha value is -4.46. The van der Waals surface area contributed by atoms with Gasteiger partial charge in [-0.1, -0.05) is 59.8 Å². The van der Waals surface area contributed by atoms with E-state index in [1.807, 2.05) is 54.6 Å². The number of aromatic nitrogens is 4. The largest absolute Gasteiger partial charge is 0.457 e. The van der Waals surface area contributed by atoms with Crippen molar-refractivity contribution in [3.8, 4) is 22.5 Å². The van der Waals surface area contributed by atoms with Crippen molar-refractivity contribution >= 4 is 17.0 Å². The van der Waals surface area contributed by atoms with Crippen LogP contribution in [0.1, 0.15) is 15.9 Å². The van der Waals surface area contributed by atoms with Crippen LogP contribution in [-0.4, -0.2) is 26.1 Å². The van der Waals surface area contributed by atoms with E-state index in [9.17, 15) is 9.59 Å². The van der Waals surface area contributed by atoms with Crippen LogP contribution < -0.4 is 5.76 Å². The molecule has 5 rings (SSSR count). The highest BCUT2D eigenvalue weighted by atomic mass is 16.5. The van der Waals surface area contributed by atoms with E-state index in [1.165, 1.54) is 0 Å². The summed E-state index contributed by atoms with van der Waals surface area (Å²) in [6.07, 6.45) is 1.55. The third-order valence-electron chi connectivity index (χ3n) is 4.93. The summed E-state index contributed by atoms with van der Waals surface area (Å²) in [7, 11) is 0. The van der Waals surface area contributed by atoms with E-state index >= 15 is 0 Å². The Kier molecular flexibility index (Phi) is 4.64. The third-order valence-corrected chi connectivity index (χ3v) is 4.93. The number of carbonyl (C=O) groups is 1. The van der Waals surface area contributed by atoms with Gasteiger partial charge in [-0.15, -0.1) is 0 Å². The first-order valence-corrected chi connectivity index (χ1v) is 9.53. The minimum absolute atomic E-state index is 0.137. The molecule has 2 aromatic heterocycles. The molecule has 2 heterocycles. The zero-order valence-corrected chi connectivity index (χ0v) is 16.2. The van der Waals surface area contributed by atoms with Crippen molar-refractivity contribution in [3.63, 3.8) is 0 Å². The van der Waals surface area contributed by atoms with Crippen molar-refractivity contribution in [1.82, 2.24) is 20.1 Å². The molecule has 2 N–H and O–H groups in total. The van der Waals surface area contributed by atoms with Crippen LogP contribution >= 0.6 is 0 Å². The van der Waals surface area contributed by atoms with Crippen LogP contribution in [0.4, 0.5) is 0 Å². The molecule has 0 bridgehead atoms. The van der Waals surface area contributed by atoms with E-state index in [-0.39, 0.29) is 6.61 Å². The molecule has 0 amide bonds. The first-order valence-electron chi connectivity index (χ1n) is 9.53. The lowest BCUT2D eigenvalue weighted by atomic mass is 9.98. The standard InChI is InChI=1S/C23H16N4O4/c28-22(18-6-3-7-19-20(18)25-13-24-19)30-12-14-8-10-15(11-9-14)16-4-1-2-5-17(16)21-26-23(29)31-27-21/h1-11,13H,12H2,(H,24,25)(H,26,27,29). The predicted octanol–water partition coefficient (Wildman–Crippen LogP) is 3.93. The highest BCUT2D eigenvalue weighted by molar-refractivity contribution is 6.01. The molecule has 0 aliphatic rings. The first kappa shape index (κ1) is 18.6. The maximum atomic E-state index is 12.5. The molecule has 31 heavy (non-hydrogen) atoms. The SMILES string of the molecule is O=C(OCc1ccc(-c2ccccc2-c2noc(=O)[nH]2)cc1)c1cccc2[nH]cnc12. The molecule has 0 atom stereocenters. The number of hydrogen-bond acceptors (Lipinski definition) is 6. The number of para-hydroxylation sites is 1. The Bertz CT molecular complexity index is 1430. The Labute approximate surface area is 175 Å². The second kappa shape index (κ2) is 7.75. The van der Waals surface area contributed by atoms with E-state index in [2.05, 4.69) is 24.6 Å². The van der Waals surface area contributed by atoms with Gasteiger partial charge in [0.2, 0.25) is 0 Å². The lowest BCUT2D eigenvalue weighted by Crippen LogP contribution is -2.06. The van der Waals surface area contributed by atoms with Crippen molar-refractivity contribution < 1.29 is 14.1 Å². The summed E-state index contributed by atoms with van der Waals surface area (Å²) in [5.41, 5.74) is 5.21. The van der Waals surface area contributed by atoms with E-state index in [1.54, 1.807) is 18.5 Å². The van der Waals surface area contributed by atoms with Gasteiger partial charge in [-0.25, -0.2) is 14.6 Å². The number of ether oxygens (including phenoxy) is 1. The average molecular weight is 412 g/mol. The van der Waals surface area contributed by atoms with Gasteiger partial charge < -0.3 is 9.72 Å². The molecule has 0 unspecified atom stereocenters. The Balaban J connectivity index is 1.34. The monoisotopic (exact) mass is 412 g/mol. The molecule has 0 radical (unpaired) electrons. The third kappa shape index (κ3) is 3.62. The van der Waals surface area contributed by atoms with E-state index in [0.29, 0.717) is 16.9 Å². The van der Waals surface area contributed by atoms with Crippen LogP contribution in [-0.2, 0) is 11.3 Å². The summed E-state index contributed by atoms with van der Waals surface area (Å²) in [6, 6.07) is 20.5. The fourth-order valence-corrected chi connectivity index (χ4v) is 3.42. The van der Waals surface area contributed by atoms with Gasteiger partial charge in [0, 0.05) is 5.56 Å². The highest BCUT2D eigenvalue weighted by Crippen LogP contribution is 2.30. The predicted molar refractivity (Wildman–Crippen MR) is 113 cm³/mol. The van der Waals surface area contributed by atoms with Crippen molar-refractivity contribution in [2.24, 2.45) is 0 Å². The molecule has 152 valence electrons. The quantitative estimate of drug-likeness (QED) is 0.423. The Morgan fingerprint density at radius 3 is 2.55 bits per heavy atom. The molecule has 5 aromatic rings. The fraction of sp³-hybridized carbons (Fsp3) is 0.0435. The smallest absolute Gasteiger partial charge is 0.439 e. The van der Waals surface area contributed by atoms with Gasteiger partial charge in [-0.2, -0.15) is 0 Å². The van der Waals surface area contributed by atoms with Crippen LogP contribution in [0.25, 0.3) is 33.5 Å². The minimum Gasteiger partial charge on any atom is -0.457 e. The summed E-state index contributed by atoms with van der Waals surface area (Å²) in [4.78, 5) is 33.5.